The van der Waals surface area contributed by atoms with Gasteiger partial charge in [0.25, 0.3) is 0 Å². The van der Waals surface area contributed by atoms with Crippen molar-refractivity contribution >= 4 is 59.7 Å². The molecule has 0 aliphatic carbocycles. The summed E-state index contributed by atoms with van der Waals surface area (Å²) in [5.74, 6) is 0.622. The minimum Gasteiger partial charge on any atom is -0.455 e. The fourth-order valence-electron chi connectivity index (χ4n) is 3.71. The van der Waals surface area contributed by atoms with Gasteiger partial charge >= 0.3 is 0 Å². The minimum atomic E-state index is 0.622. The number of nitrogens with zero attached hydrogens (tertiary/aromatic N) is 1. The number of benzene rings is 4. The van der Waals surface area contributed by atoms with Crippen molar-refractivity contribution in [2.45, 2.75) is 0 Å². The van der Waals surface area contributed by atoms with Crippen LogP contribution in [0.25, 0.3) is 55.3 Å². The Labute approximate surface area is 162 Å². The lowest BCUT2D eigenvalue weighted by Crippen LogP contribution is -1.74. The molecule has 0 amide bonds. The van der Waals surface area contributed by atoms with Crippen LogP contribution >= 0.6 is 15.9 Å². The first kappa shape index (κ1) is 15.0. The molecule has 0 aliphatic heterocycles. The molecule has 4 heteroatoms. The lowest BCUT2D eigenvalue weighted by Gasteiger charge is -1.99. The third-order valence-electron chi connectivity index (χ3n) is 4.95. The van der Waals surface area contributed by atoms with Gasteiger partial charge in [-0.25, -0.2) is 4.98 Å². The molecule has 0 saturated carbocycles. The quantitative estimate of drug-likeness (QED) is 0.283. The topological polar surface area (TPSA) is 39.2 Å². The van der Waals surface area contributed by atoms with Crippen LogP contribution in [0.4, 0.5) is 0 Å². The van der Waals surface area contributed by atoms with Crippen molar-refractivity contribution in [3.05, 3.63) is 77.3 Å². The van der Waals surface area contributed by atoms with Gasteiger partial charge in [-0.2, -0.15) is 0 Å². The standard InChI is InChI=1S/C23H12BrNO2/c24-15-7-9-16-14(12-15)6-8-17-20-19(26-21(16)17)11-10-18-22(20)27-23(25-18)13-4-2-1-3-5-13/h1-12H. The zero-order chi connectivity index (χ0) is 18.0. The second-order valence-electron chi connectivity index (χ2n) is 6.58. The molecular weight excluding hydrogens is 402 g/mol. The summed E-state index contributed by atoms with van der Waals surface area (Å²) >= 11 is 3.53. The molecule has 2 heterocycles. The van der Waals surface area contributed by atoms with E-state index in [2.05, 4.69) is 45.2 Å². The molecule has 0 unspecified atom stereocenters. The molecule has 128 valence electrons. The molecule has 0 atom stereocenters. The Hall–Kier alpha value is -3.11. The number of rotatable bonds is 1. The van der Waals surface area contributed by atoms with Crippen molar-refractivity contribution in [3.63, 3.8) is 0 Å². The van der Waals surface area contributed by atoms with E-state index in [-0.39, 0.29) is 0 Å². The molecule has 2 aromatic heterocycles. The van der Waals surface area contributed by atoms with Crippen LogP contribution in [0.2, 0.25) is 0 Å². The van der Waals surface area contributed by atoms with Crippen LogP contribution in [0, 0.1) is 0 Å². The van der Waals surface area contributed by atoms with E-state index in [9.17, 15) is 0 Å². The van der Waals surface area contributed by atoms with Gasteiger partial charge in [0, 0.05) is 20.8 Å². The first-order valence-electron chi connectivity index (χ1n) is 8.67. The first-order valence-corrected chi connectivity index (χ1v) is 9.47. The van der Waals surface area contributed by atoms with Crippen molar-refractivity contribution in [3.8, 4) is 11.5 Å². The van der Waals surface area contributed by atoms with Crippen molar-refractivity contribution in [2.75, 3.05) is 0 Å². The van der Waals surface area contributed by atoms with Gasteiger partial charge in [-0.05, 0) is 53.9 Å². The highest BCUT2D eigenvalue weighted by Gasteiger charge is 2.17. The van der Waals surface area contributed by atoms with E-state index in [1.54, 1.807) is 0 Å². The fourth-order valence-corrected chi connectivity index (χ4v) is 4.09. The number of furan rings is 1. The second-order valence-corrected chi connectivity index (χ2v) is 7.50. The number of hydrogen-bond donors (Lipinski definition) is 0. The van der Waals surface area contributed by atoms with E-state index in [0.717, 1.165) is 53.8 Å². The zero-order valence-electron chi connectivity index (χ0n) is 14.1. The smallest absolute Gasteiger partial charge is 0.227 e. The maximum Gasteiger partial charge on any atom is 0.227 e. The summed E-state index contributed by atoms with van der Waals surface area (Å²) in [6, 6.07) is 24.3. The molecule has 4 aromatic carbocycles. The Bertz CT molecular complexity index is 1480. The molecule has 27 heavy (non-hydrogen) atoms. The zero-order valence-corrected chi connectivity index (χ0v) is 15.7. The van der Waals surface area contributed by atoms with Gasteiger partial charge in [-0.1, -0.05) is 40.2 Å². The molecule has 0 fully saturated rings. The van der Waals surface area contributed by atoms with Crippen LogP contribution < -0.4 is 0 Å². The monoisotopic (exact) mass is 413 g/mol. The lowest BCUT2D eigenvalue weighted by atomic mass is 10.1. The van der Waals surface area contributed by atoms with Crippen molar-refractivity contribution < 1.29 is 8.83 Å². The second kappa shape index (κ2) is 5.44. The summed E-state index contributed by atoms with van der Waals surface area (Å²) in [6.07, 6.45) is 0. The summed E-state index contributed by atoms with van der Waals surface area (Å²) < 4.78 is 13.5. The predicted octanol–water partition coefficient (Wildman–Crippen LogP) is 7.31. The number of fused-ring (bicyclic) bond motifs is 7. The van der Waals surface area contributed by atoms with Crippen molar-refractivity contribution in [2.24, 2.45) is 0 Å². The summed E-state index contributed by atoms with van der Waals surface area (Å²) in [7, 11) is 0. The number of halogens is 1. The maximum absolute atomic E-state index is 6.23. The Morgan fingerprint density at radius 2 is 1.59 bits per heavy atom. The van der Waals surface area contributed by atoms with Gasteiger partial charge in [0.2, 0.25) is 5.89 Å². The van der Waals surface area contributed by atoms with E-state index in [1.807, 2.05) is 48.5 Å². The molecular formula is C23H12BrNO2. The summed E-state index contributed by atoms with van der Waals surface area (Å²) in [5.41, 5.74) is 4.25. The molecule has 3 nitrogen and oxygen atoms in total. The molecule has 6 rings (SSSR count). The van der Waals surface area contributed by atoms with E-state index in [1.165, 1.54) is 0 Å². The molecule has 0 bridgehead atoms. The van der Waals surface area contributed by atoms with Crippen LogP contribution in [-0.2, 0) is 0 Å². The molecule has 0 aliphatic rings. The average molecular weight is 414 g/mol. The lowest BCUT2D eigenvalue weighted by molar-refractivity contribution is 0.622. The van der Waals surface area contributed by atoms with Gasteiger partial charge in [0.15, 0.2) is 5.58 Å². The molecule has 0 radical (unpaired) electrons. The molecule has 6 aromatic rings. The summed E-state index contributed by atoms with van der Waals surface area (Å²) in [4.78, 5) is 4.68. The Kier molecular flexibility index (Phi) is 3.02. The Morgan fingerprint density at radius 1 is 0.741 bits per heavy atom. The normalized spacial score (nSPS) is 11.9. The van der Waals surface area contributed by atoms with Crippen LogP contribution in [-0.4, -0.2) is 4.98 Å². The van der Waals surface area contributed by atoms with E-state index in [4.69, 9.17) is 8.83 Å². The third-order valence-corrected chi connectivity index (χ3v) is 5.45. The molecule has 0 N–H and O–H groups in total. The van der Waals surface area contributed by atoms with Gasteiger partial charge in [0.1, 0.15) is 16.7 Å². The van der Waals surface area contributed by atoms with Gasteiger partial charge < -0.3 is 8.83 Å². The Morgan fingerprint density at radius 3 is 2.48 bits per heavy atom. The summed E-state index contributed by atoms with van der Waals surface area (Å²) in [6.45, 7) is 0. The van der Waals surface area contributed by atoms with E-state index in [0.29, 0.717) is 5.89 Å². The molecule has 0 saturated heterocycles. The molecule has 0 spiro atoms. The predicted molar refractivity (Wildman–Crippen MR) is 112 cm³/mol. The Balaban J connectivity index is 1.72. The SMILES string of the molecule is Brc1ccc2c(ccc3c2oc2ccc4nc(-c5ccccc5)oc4c23)c1. The van der Waals surface area contributed by atoms with E-state index < -0.39 is 0 Å². The fraction of sp³-hybridized carbons (Fsp3) is 0. The number of oxazole rings is 1. The number of aromatic nitrogens is 1. The van der Waals surface area contributed by atoms with Crippen LogP contribution in [0.3, 0.4) is 0 Å². The van der Waals surface area contributed by atoms with Gasteiger partial charge in [0.05, 0.1) is 5.39 Å². The van der Waals surface area contributed by atoms with E-state index >= 15 is 0 Å². The van der Waals surface area contributed by atoms with Crippen molar-refractivity contribution in [1.29, 1.82) is 0 Å². The third kappa shape index (κ3) is 2.17. The first-order chi connectivity index (χ1) is 13.3. The van der Waals surface area contributed by atoms with Crippen molar-refractivity contribution in [1.82, 2.24) is 4.98 Å². The maximum atomic E-state index is 6.23. The highest BCUT2D eigenvalue weighted by atomic mass is 79.9. The highest BCUT2D eigenvalue weighted by Crippen LogP contribution is 2.39. The number of hydrogen-bond acceptors (Lipinski definition) is 3. The van der Waals surface area contributed by atoms with Gasteiger partial charge in [-0.3, -0.25) is 0 Å². The van der Waals surface area contributed by atoms with Gasteiger partial charge in [-0.15, -0.1) is 0 Å². The summed E-state index contributed by atoms with van der Waals surface area (Å²) in [5, 5.41) is 4.24. The van der Waals surface area contributed by atoms with Crippen LogP contribution in [0.1, 0.15) is 0 Å². The largest absolute Gasteiger partial charge is 0.455 e. The minimum absolute atomic E-state index is 0.622. The van der Waals surface area contributed by atoms with Crippen LogP contribution in [0.15, 0.2) is 86.1 Å². The average Bonchev–Trinajstić information content (AvgIpc) is 3.29. The van der Waals surface area contributed by atoms with Crippen LogP contribution in [0.5, 0.6) is 0 Å². The highest BCUT2D eigenvalue weighted by molar-refractivity contribution is 9.10.